The Morgan fingerprint density at radius 1 is 1.33 bits per heavy atom. The molecule has 1 saturated heterocycles. The Balaban J connectivity index is 1.70. The van der Waals surface area contributed by atoms with Crippen LogP contribution in [-0.2, 0) is 20.7 Å². The first-order valence-corrected chi connectivity index (χ1v) is 9.81. The Kier molecular flexibility index (Phi) is 9.65. The smallest absolute Gasteiger partial charge is 0.246 e. The van der Waals surface area contributed by atoms with E-state index in [1.807, 2.05) is 31.2 Å². The van der Waals surface area contributed by atoms with Crippen LogP contribution < -0.4 is 16.0 Å². The van der Waals surface area contributed by atoms with Crippen molar-refractivity contribution >= 4 is 17.6 Å². The number of amides is 1. The van der Waals surface area contributed by atoms with Crippen molar-refractivity contribution in [2.45, 2.75) is 39.2 Å². The van der Waals surface area contributed by atoms with Crippen molar-refractivity contribution in [3.05, 3.63) is 29.8 Å². The highest BCUT2D eigenvalue weighted by molar-refractivity contribution is 5.94. The van der Waals surface area contributed by atoms with Crippen molar-refractivity contribution in [3.8, 4) is 0 Å². The van der Waals surface area contributed by atoms with Gasteiger partial charge in [0.05, 0.1) is 12.7 Å². The summed E-state index contributed by atoms with van der Waals surface area (Å²) in [5.41, 5.74) is 2.00. The van der Waals surface area contributed by atoms with Gasteiger partial charge in [-0.25, -0.2) is 4.99 Å². The van der Waals surface area contributed by atoms with E-state index in [9.17, 15) is 4.79 Å². The van der Waals surface area contributed by atoms with Crippen LogP contribution in [0.5, 0.6) is 0 Å². The quantitative estimate of drug-likeness (QED) is 0.330. The van der Waals surface area contributed by atoms with Crippen molar-refractivity contribution < 1.29 is 14.3 Å². The lowest BCUT2D eigenvalue weighted by Crippen LogP contribution is -2.38. The van der Waals surface area contributed by atoms with Crippen LogP contribution in [0.4, 0.5) is 5.69 Å². The lowest BCUT2D eigenvalue weighted by molar-refractivity contribution is -0.114. The lowest BCUT2D eigenvalue weighted by Gasteiger charge is -2.13. The van der Waals surface area contributed by atoms with E-state index in [0.29, 0.717) is 19.2 Å². The van der Waals surface area contributed by atoms with Crippen LogP contribution in [0.3, 0.4) is 0 Å². The molecule has 1 aromatic rings. The zero-order valence-electron chi connectivity index (χ0n) is 16.4. The van der Waals surface area contributed by atoms with E-state index in [-0.39, 0.29) is 18.6 Å². The Morgan fingerprint density at radius 2 is 2.22 bits per heavy atom. The Bertz CT molecular complexity index is 601. The number of carbonyl (C=O) groups is 1. The molecule has 3 N–H and O–H groups in total. The first kappa shape index (κ1) is 21.2. The molecule has 1 fully saturated rings. The van der Waals surface area contributed by atoms with E-state index in [0.717, 1.165) is 44.6 Å². The van der Waals surface area contributed by atoms with E-state index in [4.69, 9.17) is 9.47 Å². The summed E-state index contributed by atoms with van der Waals surface area (Å²) >= 11 is 0. The fourth-order valence-corrected chi connectivity index (χ4v) is 2.74. The second-order valence-electron chi connectivity index (χ2n) is 6.43. The molecule has 0 spiro atoms. The molecule has 0 saturated carbocycles. The standard InChI is InChI=1S/C20H32N4O3/c1-3-16-7-5-8-17(13-16)24-19(25)14-23-20(21-4-2)22-10-6-11-27-18-9-12-26-15-18/h5,7-8,13,18H,3-4,6,9-12,14-15H2,1-2H3,(H,24,25)(H2,21,22,23). The minimum atomic E-state index is -0.134. The van der Waals surface area contributed by atoms with Gasteiger partial charge in [0.25, 0.3) is 0 Å². The van der Waals surface area contributed by atoms with Gasteiger partial charge in [-0.1, -0.05) is 19.1 Å². The SMILES string of the molecule is CCNC(=NCC(=O)Nc1cccc(CC)c1)NCCCOC1CCOC1. The maximum atomic E-state index is 12.1. The summed E-state index contributed by atoms with van der Waals surface area (Å²) in [7, 11) is 0. The number of guanidine groups is 1. The molecule has 27 heavy (non-hydrogen) atoms. The number of anilines is 1. The predicted molar refractivity (Wildman–Crippen MR) is 108 cm³/mol. The molecule has 0 bridgehead atoms. The molecule has 0 aromatic heterocycles. The maximum absolute atomic E-state index is 12.1. The predicted octanol–water partition coefficient (Wildman–Crippen LogP) is 1.94. The van der Waals surface area contributed by atoms with Gasteiger partial charge in [0.15, 0.2) is 5.96 Å². The third-order valence-electron chi connectivity index (χ3n) is 4.20. The van der Waals surface area contributed by atoms with E-state index in [1.165, 1.54) is 5.56 Å². The highest BCUT2D eigenvalue weighted by Gasteiger charge is 2.15. The van der Waals surface area contributed by atoms with E-state index in [1.54, 1.807) is 0 Å². The Morgan fingerprint density at radius 3 is 2.96 bits per heavy atom. The summed E-state index contributed by atoms with van der Waals surface area (Å²) in [5, 5.41) is 9.27. The molecule has 0 aliphatic carbocycles. The lowest BCUT2D eigenvalue weighted by atomic mass is 10.1. The molecule has 1 aliphatic heterocycles. The maximum Gasteiger partial charge on any atom is 0.246 e. The number of nitrogens with one attached hydrogen (secondary N) is 3. The molecule has 1 amide bonds. The summed E-state index contributed by atoms with van der Waals surface area (Å²) in [6, 6.07) is 7.87. The molecule has 0 radical (unpaired) electrons. The van der Waals surface area contributed by atoms with Gasteiger partial charge in [-0.2, -0.15) is 0 Å². The number of nitrogens with zero attached hydrogens (tertiary/aromatic N) is 1. The highest BCUT2D eigenvalue weighted by atomic mass is 16.5. The third kappa shape index (κ3) is 8.41. The summed E-state index contributed by atoms with van der Waals surface area (Å²) < 4.78 is 11.0. The van der Waals surface area contributed by atoms with Crippen molar-refractivity contribution in [2.75, 3.05) is 44.8 Å². The van der Waals surface area contributed by atoms with Crippen LogP contribution in [-0.4, -0.2) is 57.4 Å². The average Bonchev–Trinajstić information content (AvgIpc) is 3.19. The topological polar surface area (TPSA) is 84.0 Å². The van der Waals surface area contributed by atoms with Crippen LogP contribution in [0.1, 0.15) is 32.3 Å². The van der Waals surface area contributed by atoms with E-state index < -0.39 is 0 Å². The monoisotopic (exact) mass is 376 g/mol. The van der Waals surface area contributed by atoms with Crippen molar-refractivity contribution in [1.82, 2.24) is 10.6 Å². The molecule has 1 unspecified atom stereocenters. The normalized spacial score (nSPS) is 17.0. The van der Waals surface area contributed by atoms with Crippen LogP contribution in [0.15, 0.2) is 29.3 Å². The number of benzene rings is 1. The molecule has 7 heteroatoms. The molecule has 7 nitrogen and oxygen atoms in total. The van der Waals surface area contributed by atoms with Crippen molar-refractivity contribution in [1.29, 1.82) is 0 Å². The number of aryl methyl sites for hydroxylation is 1. The first-order chi connectivity index (χ1) is 13.2. The van der Waals surface area contributed by atoms with Crippen LogP contribution in [0.2, 0.25) is 0 Å². The Labute approximate surface area is 161 Å². The minimum Gasteiger partial charge on any atom is -0.379 e. The highest BCUT2D eigenvalue weighted by Crippen LogP contribution is 2.11. The average molecular weight is 377 g/mol. The van der Waals surface area contributed by atoms with Crippen LogP contribution in [0, 0.1) is 0 Å². The molecule has 1 heterocycles. The summed E-state index contributed by atoms with van der Waals surface area (Å²) in [6.45, 7) is 7.82. The van der Waals surface area contributed by atoms with Gasteiger partial charge < -0.3 is 25.4 Å². The molecule has 150 valence electrons. The minimum absolute atomic E-state index is 0.0710. The van der Waals surface area contributed by atoms with E-state index >= 15 is 0 Å². The van der Waals surface area contributed by atoms with Crippen molar-refractivity contribution in [3.63, 3.8) is 0 Å². The number of rotatable bonds is 10. The van der Waals surface area contributed by atoms with Crippen LogP contribution >= 0.6 is 0 Å². The fraction of sp³-hybridized carbons (Fsp3) is 0.600. The van der Waals surface area contributed by atoms with Gasteiger partial charge >= 0.3 is 0 Å². The van der Waals surface area contributed by atoms with Gasteiger partial charge in [-0.05, 0) is 43.9 Å². The number of hydrogen-bond donors (Lipinski definition) is 3. The zero-order chi connectivity index (χ0) is 19.3. The molecule has 1 aliphatic rings. The van der Waals surface area contributed by atoms with Crippen molar-refractivity contribution in [2.24, 2.45) is 4.99 Å². The van der Waals surface area contributed by atoms with E-state index in [2.05, 4.69) is 27.9 Å². The number of carbonyl (C=O) groups excluding carboxylic acids is 1. The zero-order valence-corrected chi connectivity index (χ0v) is 16.4. The Hall–Kier alpha value is -2.12. The van der Waals surface area contributed by atoms with Gasteiger partial charge in [0.2, 0.25) is 5.91 Å². The fourth-order valence-electron chi connectivity index (χ4n) is 2.74. The molecular weight excluding hydrogens is 344 g/mol. The van der Waals surface area contributed by atoms with Gasteiger partial charge in [0, 0.05) is 32.0 Å². The number of hydrogen-bond acceptors (Lipinski definition) is 4. The first-order valence-electron chi connectivity index (χ1n) is 9.81. The summed E-state index contributed by atoms with van der Waals surface area (Å²) in [5.74, 6) is 0.504. The molecular formula is C20H32N4O3. The second kappa shape index (κ2) is 12.3. The largest absolute Gasteiger partial charge is 0.379 e. The summed E-state index contributed by atoms with van der Waals surface area (Å²) in [4.78, 5) is 16.5. The van der Waals surface area contributed by atoms with Gasteiger partial charge in [-0.15, -0.1) is 0 Å². The van der Waals surface area contributed by atoms with Gasteiger partial charge in [0.1, 0.15) is 6.54 Å². The molecule has 1 atom stereocenters. The van der Waals surface area contributed by atoms with Crippen LogP contribution in [0.25, 0.3) is 0 Å². The molecule has 2 rings (SSSR count). The number of aliphatic imine (C=N–C) groups is 1. The summed E-state index contributed by atoms with van der Waals surface area (Å²) in [6.07, 6.45) is 3.03. The number of ether oxygens (including phenoxy) is 2. The second-order valence-corrected chi connectivity index (χ2v) is 6.43. The third-order valence-corrected chi connectivity index (χ3v) is 4.20. The molecule has 1 aromatic carbocycles. The van der Waals surface area contributed by atoms with Gasteiger partial charge in [-0.3, -0.25) is 4.79 Å².